The molecule has 0 aromatic heterocycles. The molecule has 0 spiro atoms. The Labute approximate surface area is 97.5 Å². The van der Waals surface area contributed by atoms with Gasteiger partial charge in [-0.1, -0.05) is 30.0 Å². The van der Waals surface area contributed by atoms with E-state index >= 15 is 0 Å². The zero-order chi connectivity index (χ0) is 11.3. The highest BCUT2D eigenvalue weighted by molar-refractivity contribution is 7.97. The molecule has 0 bridgehead atoms. The first-order chi connectivity index (χ1) is 7.03. The van der Waals surface area contributed by atoms with E-state index in [1.165, 1.54) is 11.1 Å². The molecular weight excluding hydrogens is 200 g/mol. The summed E-state index contributed by atoms with van der Waals surface area (Å²) < 4.78 is 0. The Balaban J connectivity index is 2.97. The van der Waals surface area contributed by atoms with Crippen LogP contribution in [0.15, 0.2) is 24.3 Å². The fourth-order valence-corrected chi connectivity index (χ4v) is 1.74. The first-order valence-electron chi connectivity index (χ1n) is 5.13. The molecule has 1 aromatic carbocycles. The number of hydrogen-bond donors (Lipinski definition) is 0. The van der Waals surface area contributed by atoms with E-state index in [1.54, 1.807) is 0 Å². The van der Waals surface area contributed by atoms with Crippen LogP contribution in [0.2, 0.25) is 0 Å². The summed E-state index contributed by atoms with van der Waals surface area (Å²) in [6.07, 6.45) is 2.12. The predicted octanol–water partition coefficient (Wildman–Crippen LogP) is 3.95. The van der Waals surface area contributed by atoms with E-state index in [2.05, 4.69) is 63.1 Å². The van der Waals surface area contributed by atoms with Gasteiger partial charge in [-0.3, -0.25) is 0 Å². The molecule has 0 fully saturated rings. The van der Waals surface area contributed by atoms with Crippen molar-refractivity contribution in [3.8, 4) is 11.8 Å². The predicted molar refractivity (Wildman–Crippen MR) is 70.0 cm³/mol. The van der Waals surface area contributed by atoms with Gasteiger partial charge in [0.15, 0.2) is 0 Å². The molecule has 15 heavy (non-hydrogen) atoms. The van der Waals surface area contributed by atoms with Crippen molar-refractivity contribution in [1.29, 1.82) is 0 Å². The number of rotatable bonds is 2. The van der Waals surface area contributed by atoms with Crippen LogP contribution in [0.4, 0.5) is 0 Å². The highest BCUT2D eigenvalue weighted by Gasteiger charge is 2.04. The van der Waals surface area contributed by atoms with Gasteiger partial charge >= 0.3 is 0 Å². The maximum Gasteiger partial charge on any atom is 0.0285 e. The summed E-state index contributed by atoms with van der Waals surface area (Å²) in [5, 5.41) is 0. The van der Waals surface area contributed by atoms with Gasteiger partial charge in [0.2, 0.25) is 0 Å². The molecule has 0 nitrogen and oxygen atoms in total. The molecule has 0 atom stereocenters. The molecule has 0 saturated heterocycles. The monoisotopic (exact) mass is 218 g/mol. The first kappa shape index (κ1) is 12.2. The van der Waals surface area contributed by atoms with Crippen molar-refractivity contribution < 1.29 is 0 Å². The van der Waals surface area contributed by atoms with Crippen molar-refractivity contribution in [3.63, 3.8) is 0 Å². The van der Waals surface area contributed by atoms with E-state index in [9.17, 15) is 0 Å². The first-order valence-corrected chi connectivity index (χ1v) is 6.52. The van der Waals surface area contributed by atoms with Gasteiger partial charge in [-0.25, -0.2) is 0 Å². The Morgan fingerprint density at radius 2 is 1.87 bits per heavy atom. The molecule has 0 amide bonds. The van der Waals surface area contributed by atoms with Crippen molar-refractivity contribution in [2.75, 3.05) is 6.26 Å². The Kier molecular flexibility index (Phi) is 4.29. The van der Waals surface area contributed by atoms with Gasteiger partial charge in [0.25, 0.3) is 0 Å². The molecule has 1 aromatic rings. The zero-order valence-corrected chi connectivity index (χ0v) is 10.7. The molecule has 0 heterocycles. The van der Waals surface area contributed by atoms with Crippen molar-refractivity contribution in [2.45, 2.75) is 26.5 Å². The van der Waals surface area contributed by atoms with Crippen LogP contribution >= 0.6 is 11.8 Å². The molecule has 0 aliphatic heterocycles. The molecule has 0 aliphatic rings. The molecule has 0 radical (unpaired) electrons. The van der Waals surface area contributed by atoms with Gasteiger partial charge in [-0.15, -0.1) is 0 Å². The van der Waals surface area contributed by atoms with E-state index < -0.39 is 0 Å². The quantitative estimate of drug-likeness (QED) is 0.677. The summed E-state index contributed by atoms with van der Waals surface area (Å²) in [4.78, 5) is 0. The minimum absolute atomic E-state index is 0.0759. The van der Waals surface area contributed by atoms with Gasteiger partial charge < -0.3 is 0 Å². The largest absolute Gasteiger partial charge is 0.161 e. The normalized spacial score (nSPS) is 10.7. The van der Waals surface area contributed by atoms with Gasteiger partial charge in [0, 0.05) is 16.7 Å². The summed E-state index contributed by atoms with van der Waals surface area (Å²) >= 11 is 1.83. The minimum Gasteiger partial charge on any atom is -0.161 e. The molecule has 80 valence electrons. The summed E-state index contributed by atoms with van der Waals surface area (Å²) in [5.41, 5.74) is 2.58. The molecule has 0 N–H and O–H groups in total. The van der Waals surface area contributed by atoms with Crippen LogP contribution in [-0.4, -0.2) is 6.26 Å². The fourth-order valence-electron chi connectivity index (χ4n) is 1.18. The molecule has 1 rings (SSSR count). The summed E-state index contributed by atoms with van der Waals surface area (Å²) in [5.74, 6) is 7.59. The number of benzene rings is 1. The lowest BCUT2D eigenvalue weighted by Crippen LogP contribution is -1.99. The lowest BCUT2D eigenvalue weighted by molar-refractivity contribution is 0.571. The van der Waals surface area contributed by atoms with Crippen molar-refractivity contribution in [2.24, 2.45) is 5.41 Å². The highest BCUT2D eigenvalue weighted by Crippen LogP contribution is 2.15. The van der Waals surface area contributed by atoms with Crippen molar-refractivity contribution in [1.82, 2.24) is 0 Å². The summed E-state index contributed by atoms with van der Waals surface area (Å²) in [6, 6.07) is 8.39. The zero-order valence-electron chi connectivity index (χ0n) is 9.92. The van der Waals surface area contributed by atoms with E-state index in [-0.39, 0.29) is 5.41 Å². The average molecular weight is 218 g/mol. The van der Waals surface area contributed by atoms with Crippen LogP contribution in [-0.2, 0) is 5.75 Å². The van der Waals surface area contributed by atoms with E-state index in [0.717, 1.165) is 5.75 Å². The Morgan fingerprint density at radius 1 is 1.20 bits per heavy atom. The van der Waals surface area contributed by atoms with E-state index in [1.807, 2.05) is 11.8 Å². The summed E-state index contributed by atoms with van der Waals surface area (Å²) in [6.45, 7) is 6.41. The third-order valence-corrected chi connectivity index (χ3v) is 2.49. The van der Waals surface area contributed by atoms with Crippen molar-refractivity contribution in [3.05, 3.63) is 35.4 Å². The van der Waals surface area contributed by atoms with Crippen LogP contribution in [0.5, 0.6) is 0 Å². The molecule has 1 heteroatoms. The van der Waals surface area contributed by atoms with Crippen LogP contribution in [0, 0.1) is 17.3 Å². The Morgan fingerprint density at radius 3 is 2.47 bits per heavy atom. The fraction of sp³-hybridized carbons (Fsp3) is 0.429. The lowest BCUT2D eigenvalue weighted by Gasteiger charge is -2.08. The van der Waals surface area contributed by atoms with E-state index in [4.69, 9.17) is 0 Å². The molecule has 0 unspecified atom stereocenters. The second kappa shape index (κ2) is 5.28. The van der Waals surface area contributed by atoms with Gasteiger partial charge in [0.1, 0.15) is 0 Å². The standard InChI is InChI=1S/C14H18S/c1-14(2,3)10-9-12-7-5-6-8-13(12)11-15-4/h5-8H,11H2,1-4H3. The van der Waals surface area contributed by atoms with Gasteiger partial charge in [-0.2, -0.15) is 11.8 Å². The van der Waals surface area contributed by atoms with Gasteiger partial charge in [0.05, 0.1) is 0 Å². The van der Waals surface area contributed by atoms with Crippen LogP contribution in [0.1, 0.15) is 31.9 Å². The Hall–Kier alpha value is -0.870. The van der Waals surface area contributed by atoms with Gasteiger partial charge in [-0.05, 0) is 38.7 Å². The maximum atomic E-state index is 3.28. The lowest BCUT2D eigenvalue weighted by atomic mass is 9.97. The van der Waals surface area contributed by atoms with Crippen LogP contribution in [0.25, 0.3) is 0 Å². The van der Waals surface area contributed by atoms with Crippen molar-refractivity contribution >= 4 is 11.8 Å². The van der Waals surface area contributed by atoms with Crippen LogP contribution < -0.4 is 0 Å². The molecular formula is C14H18S. The smallest absolute Gasteiger partial charge is 0.0285 e. The van der Waals surface area contributed by atoms with E-state index in [0.29, 0.717) is 0 Å². The molecule has 0 saturated carbocycles. The highest BCUT2D eigenvalue weighted by atomic mass is 32.2. The SMILES string of the molecule is CSCc1ccccc1C#CC(C)(C)C. The second-order valence-electron chi connectivity index (χ2n) is 4.59. The second-order valence-corrected chi connectivity index (χ2v) is 5.46. The van der Waals surface area contributed by atoms with Crippen LogP contribution in [0.3, 0.4) is 0 Å². The average Bonchev–Trinajstić information content (AvgIpc) is 2.16. The Bertz CT molecular complexity index is 374. The number of thioether (sulfide) groups is 1. The minimum atomic E-state index is 0.0759. The summed E-state index contributed by atoms with van der Waals surface area (Å²) in [7, 11) is 0. The topological polar surface area (TPSA) is 0 Å². The third kappa shape index (κ3) is 4.44. The molecule has 0 aliphatic carbocycles. The maximum absolute atomic E-state index is 3.28. The number of hydrogen-bond acceptors (Lipinski definition) is 1. The third-order valence-electron chi connectivity index (χ3n) is 1.89.